The average molecular weight is 679 g/mol. The summed E-state index contributed by atoms with van der Waals surface area (Å²) in [4.78, 5) is 39.8. The van der Waals surface area contributed by atoms with Crippen molar-refractivity contribution >= 4 is 34.3 Å². The third kappa shape index (κ3) is 15.5. The molecule has 0 spiro atoms. The van der Waals surface area contributed by atoms with Gasteiger partial charge in [-0.3, -0.25) is 9.59 Å². The number of amides is 2. The Bertz CT molecular complexity index is 1510. The summed E-state index contributed by atoms with van der Waals surface area (Å²) in [6, 6.07) is 5.14. The highest BCUT2D eigenvalue weighted by molar-refractivity contribution is 7.15. The molecule has 13 nitrogen and oxygen atoms in total. The maximum atomic E-state index is 12.4. The van der Waals surface area contributed by atoms with Gasteiger partial charge in [0.15, 0.2) is 0 Å². The molecule has 3 aromatic rings. The quantitative estimate of drug-likeness (QED) is 0.0877. The van der Waals surface area contributed by atoms with Gasteiger partial charge >= 0.3 is 18.5 Å². The van der Waals surface area contributed by atoms with E-state index in [-0.39, 0.29) is 24.6 Å². The zero-order chi connectivity index (χ0) is 34.3. The molecule has 8 N–H and O–H groups in total. The molecule has 2 aromatic heterocycles. The maximum Gasteiger partial charge on any atom is 0.573 e. The number of aromatic nitrogens is 4. The normalized spacial score (nSPS) is 12.1. The smallest absolute Gasteiger partial charge is 0.475 e. The number of carbonyl (C=O) groups is 3. The third-order valence-electron chi connectivity index (χ3n) is 5.23. The number of nitrogens with zero attached hydrogens (tertiary/aromatic N) is 3. The van der Waals surface area contributed by atoms with Gasteiger partial charge in [-0.25, -0.2) is 9.78 Å². The summed E-state index contributed by atoms with van der Waals surface area (Å²) in [5, 5.41) is 21.6. The van der Waals surface area contributed by atoms with Crippen LogP contribution in [0.2, 0.25) is 0 Å². The molecule has 250 valence electrons. The van der Waals surface area contributed by atoms with Crippen molar-refractivity contribution in [1.82, 2.24) is 25.5 Å². The summed E-state index contributed by atoms with van der Waals surface area (Å²) < 4.78 is 72.7. The van der Waals surface area contributed by atoms with E-state index in [1.54, 1.807) is 12.3 Å². The van der Waals surface area contributed by atoms with Crippen molar-refractivity contribution in [3.8, 4) is 5.75 Å². The fourth-order valence-electron chi connectivity index (χ4n) is 3.29. The van der Waals surface area contributed by atoms with E-state index in [1.807, 2.05) is 0 Å². The highest BCUT2D eigenvalue weighted by Gasteiger charge is 2.38. The highest BCUT2D eigenvalue weighted by Crippen LogP contribution is 2.23. The zero-order valence-corrected chi connectivity index (χ0v) is 24.4. The van der Waals surface area contributed by atoms with Crippen molar-refractivity contribution in [3.63, 3.8) is 0 Å². The van der Waals surface area contributed by atoms with E-state index >= 15 is 0 Å². The second-order valence-electron chi connectivity index (χ2n) is 9.10. The number of allylic oxidation sites excluding steroid dienone is 3. The van der Waals surface area contributed by atoms with Gasteiger partial charge in [-0.05, 0) is 49.1 Å². The van der Waals surface area contributed by atoms with Gasteiger partial charge in [-0.1, -0.05) is 23.5 Å². The number of unbranched alkanes of at least 4 members (excludes halogenated alkanes) is 1. The van der Waals surface area contributed by atoms with Crippen LogP contribution in [0.3, 0.4) is 0 Å². The van der Waals surface area contributed by atoms with E-state index in [0.717, 1.165) is 30.0 Å². The number of rotatable bonds is 13. The first kappa shape index (κ1) is 37.0. The van der Waals surface area contributed by atoms with Crippen LogP contribution >= 0.6 is 11.3 Å². The van der Waals surface area contributed by atoms with Crippen molar-refractivity contribution in [1.29, 1.82) is 0 Å². The Hall–Kier alpha value is -5.14. The molecule has 2 amide bonds. The lowest BCUT2D eigenvalue weighted by molar-refractivity contribution is -0.274. The molecule has 0 bridgehead atoms. The van der Waals surface area contributed by atoms with Gasteiger partial charge in [0, 0.05) is 24.0 Å². The van der Waals surface area contributed by atoms with Gasteiger partial charge in [-0.2, -0.15) is 13.2 Å². The number of halogens is 6. The number of carboxylic acids is 1. The first-order chi connectivity index (χ1) is 21.5. The number of ether oxygens (including phenoxy) is 1. The van der Waals surface area contributed by atoms with Crippen LogP contribution in [-0.4, -0.2) is 55.6 Å². The first-order valence-corrected chi connectivity index (χ1v) is 13.8. The Labute approximate surface area is 260 Å². The minimum atomic E-state index is -5.08. The van der Waals surface area contributed by atoms with E-state index in [9.17, 15) is 35.9 Å². The van der Waals surface area contributed by atoms with Crippen LogP contribution in [0.4, 0.5) is 31.5 Å². The Morgan fingerprint density at radius 2 is 1.74 bits per heavy atom. The van der Waals surface area contributed by atoms with Crippen LogP contribution in [0.15, 0.2) is 60.5 Å². The number of hydrogen-bond acceptors (Lipinski definition) is 10. The van der Waals surface area contributed by atoms with Gasteiger partial charge in [0.25, 0.3) is 0 Å². The second-order valence-corrected chi connectivity index (χ2v) is 10.2. The van der Waals surface area contributed by atoms with E-state index in [2.05, 4.69) is 35.5 Å². The van der Waals surface area contributed by atoms with Crippen molar-refractivity contribution < 1.29 is 50.6 Å². The molecule has 46 heavy (non-hydrogen) atoms. The predicted octanol–water partition coefficient (Wildman–Crippen LogP) is 3.69. The van der Waals surface area contributed by atoms with Crippen molar-refractivity contribution in [2.45, 2.75) is 51.1 Å². The lowest BCUT2D eigenvalue weighted by atomic mass is 10.1. The Morgan fingerprint density at radius 1 is 1.02 bits per heavy atom. The van der Waals surface area contributed by atoms with Crippen LogP contribution < -0.4 is 26.8 Å². The third-order valence-corrected chi connectivity index (χ3v) is 6.12. The standard InChI is InChI=1S/C24H27F3N8O3S.C2HF3O2/c25-24(26,27)38-18-6-3-4-15(10-18)11-20(36)32-19(29)9-8-16(28)5-1-2-7-22-34-35-23(39-22)33-21(37)12-17-13-30-14-31-17;3-2(4,5)1(6)7/h3-4,6,8-10,13-14H,1-2,5,7,11-12,28-29H2,(H,30,31)(H,32,36)(H,33,35,37);(H,6,7)/b16-8-,19-9+;. The number of imidazole rings is 1. The van der Waals surface area contributed by atoms with Crippen molar-refractivity contribution in [3.05, 3.63) is 76.7 Å². The monoisotopic (exact) mass is 678 g/mol. The highest BCUT2D eigenvalue weighted by atomic mass is 32.1. The van der Waals surface area contributed by atoms with Crippen LogP contribution in [0.25, 0.3) is 0 Å². The number of aryl methyl sites for hydroxylation is 1. The number of carboxylic acid groups (broad SMARTS) is 1. The van der Waals surface area contributed by atoms with Crippen LogP contribution in [0.1, 0.15) is 35.5 Å². The van der Waals surface area contributed by atoms with Crippen molar-refractivity contribution in [2.75, 3.05) is 5.32 Å². The van der Waals surface area contributed by atoms with Gasteiger partial charge in [0.2, 0.25) is 16.9 Å². The summed E-state index contributed by atoms with van der Waals surface area (Å²) in [7, 11) is 0. The second kappa shape index (κ2) is 17.4. The number of nitrogens with two attached hydrogens (primary N) is 2. The molecule has 1 aromatic carbocycles. The van der Waals surface area contributed by atoms with Crippen LogP contribution in [0.5, 0.6) is 5.75 Å². The number of hydrogen-bond donors (Lipinski definition) is 6. The summed E-state index contributed by atoms with van der Waals surface area (Å²) in [5.74, 6) is -3.84. The summed E-state index contributed by atoms with van der Waals surface area (Å²) in [5.41, 5.74) is 13.4. The molecule has 0 saturated heterocycles. The van der Waals surface area contributed by atoms with Crippen LogP contribution in [-0.2, 0) is 33.6 Å². The Kier molecular flexibility index (Phi) is 14.0. The lowest BCUT2D eigenvalue weighted by Gasteiger charge is -2.10. The molecule has 0 saturated carbocycles. The summed E-state index contributed by atoms with van der Waals surface area (Å²) in [6.45, 7) is 0. The maximum absolute atomic E-state index is 12.4. The topological polar surface area (TPSA) is 211 Å². The zero-order valence-electron chi connectivity index (χ0n) is 23.6. The molecule has 0 fully saturated rings. The molecule has 0 aliphatic heterocycles. The Balaban J connectivity index is 0.000000942. The largest absolute Gasteiger partial charge is 0.573 e. The van der Waals surface area contributed by atoms with E-state index in [1.165, 1.54) is 35.9 Å². The average Bonchev–Trinajstić information content (AvgIpc) is 3.61. The first-order valence-electron chi connectivity index (χ1n) is 13.0. The minimum absolute atomic E-state index is 0.0432. The molecule has 0 unspecified atom stereocenters. The number of aliphatic carboxylic acids is 1. The SMILES string of the molecule is N/C(=C\C=C(/N)NC(=O)Cc1cccc(OC(F)(F)F)c1)CCCCc1nnc(NC(=O)Cc2cnc[nH]2)s1.O=C(O)C(F)(F)F. The summed E-state index contributed by atoms with van der Waals surface area (Å²) in [6.07, 6.45) is -1.02. The molecule has 0 atom stereocenters. The molecule has 3 rings (SSSR count). The molecule has 20 heteroatoms. The van der Waals surface area contributed by atoms with Gasteiger partial charge in [-0.15, -0.1) is 23.4 Å². The number of H-pyrrole nitrogens is 1. The molecule has 2 heterocycles. The lowest BCUT2D eigenvalue weighted by Crippen LogP contribution is -2.28. The molecule has 0 aliphatic carbocycles. The number of aromatic amines is 1. The molecule has 0 aliphatic rings. The molecular weight excluding hydrogens is 650 g/mol. The predicted molar refractivity (Wildman–Crippen MR) is 152 cm³/mol. The summed E-state index contributed by atoms with van der Waals surface area (Å²) >= 11 is 1.31. The number of alkyl halides is 6. The van der Waals surface area contributed by atoms with Gasteiger partial charge in [0.05, 0.1) is 19.2 Å². The fourth-order valence-corrected chi connectivity index (χ4v) is 4.09. The van der Waals surface area contributed by atoms with E-state index in [0.29, 0.717) is 34.9 Å². The van der Waals surface area contributed by atoms with E-state index < -0.39 is 30.2 Å². The molecule has 0 radical (unpaired) electrons. The van der Waals surface area contributed by atoms with Gasteiger partial charge < -0.3 is 36.9 Å². The fraction of sp³-hybridized carbons (Fsp3) is 0.308. The number of benzene rings is 1. The molecular formula is C26H28F6N8O5S. The van der Waals surface area contributed by atoms with Crippen LogP contribution in [0, 0.1) is 0 Å². The Morgan fingerprint density at radius 3 is 2.37 bits per heavy atom. The number of anilines is 1. The van der Waals surface area contributed by atoms with Crippen molar-refractivity contribution in [2.24, 2.45) is 11.5 Å². The van der Waals surface area contributed by atoms with E-state index in [4.69, 9.17) is 21.4 Å². The number of nitrogens with one attached hydrogen (secondary N) is 3. The van der Waals surface area contributed by atoms with Gasteiger partial charge in [0.1, 0.15) is 16.6 Å². The number of carbonyl (C=O) groups excluding carboxylic acids is 2. The minimum Gasteiger partial charge on any atom is -0.475 e.